The normalized spacial score (nSPS) is 11.1. The second kappa shape index (κ2) is 8.08. The number of amides is 2. The summed E-state index contributed by atoms with van der Waals surface area (Å²) in [6, 6.07) is 15.0. The van der Waals surface area contributed by atoms with Crippen LogP contribution in [-0.4, -0.2) is 32.6 Å². The summed E-state index contributed by atoms with van der Waals surface area (Å²) in [5, 5.41) is 11.1. The van der Waals surface area contributed by atoms with Gasteiger partial charge in [0.2, 0.25) is 0 Å². The van der Waals surface area contributed by atoms with Gasteiger partial charge in [-0.05, 0) is 51.1 Å². The van der Waals surface area contributed by atoms with E-state index >= 15 is 0 Å². The summed E-state index contributed by atoms with van der Waals surface area (Å²) in [5.41, 5.74) is 2.26. The molecular weight excluding hydrogens is 398 g/mol. The number of hydrogen-bond donors (Lipinski definition) is 2. The van der Waals surface area contributed by atoms with Crippen LogP contribution in [0.25, 0.3) is 15.9 Å². The van der Waals surface area contributed by atoms with Gasteiger partial charge in [-0.15, -0.1) is 11.3 Å². The summed E-state index contributed by atoms with van der Waals surface area (Å²) in [4.78, 5) is 30.4. The monoisotopic (exact) mass is 419 g/mol. The topological polar surface area (TPSA) is 88.9 Å². The lowest BCUT2D eigenvalue weighted by atomic mass is 10.2. The molecule has 1 aromatic carbocycles. The summed E-state index contributed by atoms with van der Waals surface area (Å²) < 4.78 is 1.85. The van der Waals surface area contributed by atoms with Crippen molar-refractivity contribution in [3.63, 3.8) is 0 Å². The molecule has 2 N–H and O–H groups in total. The van der Waals surface area contributed by atoms with E-state index in [-0.39, 0.29) is 17.9 Å². The molecular formula is C22H21N5O2S. The Bertz CT molecular complexity index is 1210. The fraction of sp³-hybridized carbons (Fsp3) is 0.182. The van der Waals surface area contributed by atoms with Crippen molar-refractivity contribution in [2.45, 2.75) is 26.8 Å². The number of nitrogens with one attached hydrogen (secondary N) is 2. The van der Waals surface area contributed by atoms with Gasteiger partial charge in [0, 0.05) is 17.6 Å². The van der Waals surface area contributed by atoms with Crippen molar-refractivity contribution in [2.24, 2.45) is 0 Å². The van der Waals surface area contributed by atoms with Crippen molar-refractivity contribution in [2.75, 3.05) is 5.32 Å². The number of nitrogens with zero attached hydrogens (tertiary/aromatic N) is 3. The summed E-state index contributed by atoms with van der Waals surface area (Å²) >= 11 is 1.38. The van der Waals surface area contributed by atoms with Gasteiger partial charge < -0.3 is 10.6 Å². The SMILES string of the molecule is Cc1nn(-c2ccccc2)c2sc(C(=O)Nc3ccc(C(=O)NC(C)C)cn3)cc12. The lowest BCUT2D eigenvalue weighted by Crippen LogP contribution is -2.30. The number of carbonyl (C=O) groups excluding carboxylic acids is 2. The van der Waals surface area contributed by atoms with Gasteiger partial charge in [0.05, 0.1) is 21.8 Å². The third-order valence-electron chi connectivity index (χ3n) is 4.46. The zero-order valence-electron chi connectivity index (χ0n) is 16.8. The minimum absolute atomic E-state index is 0.0418. The number of para-hydroxylation sites is 1. The van der Waals surface area contributed by atoms with Crippen LogP contribution < -0.4 is 10.6 Å². The lowest BCUT2D eigenvalue weighted by Gasteiger charge is -2.08. The third-order valence-corrected chi connectivity index (χ3v) is 5.57. The average molecular weight is 420 g/mol. The number of aryl methyl sites for hydroxylation is 1. The van der Waals surface area contributed by atoms with Crippen molar-refractivity contribution in [1.29, 1.82) is 0 Å². The summed E-state index contributed by atoms with van der Waals surface area (Å²) in [6.45, 7) is 5.71. The number of benzene rings is 1. The van der Waals surface area contributed by atoms with Crippen LogP contribution in [0.5, 0.6) is 0 Å². The Kier molecular flexibility index (Phi) is 5.33. The first-order chi connectivity index (χ1) is 14.4. The van der Waals surface area contributed by atoms with Crippen LogP contribution in [0.3, 0.4) is 0 Å². The zero-order chi connectivity index (χ0) is 21.3. The predicted molar refractivity (Wildman–Crippen MR) is 118 cm³/mol. The molecule has 0 spiro atoms. The van der Waals surface area contributed by atoms with Crippen LogP contribution in [-0.2, 0) is 0 Å². The molecule has 4 rings (SSSR count). The number of hydrogen-bond acceptors (Lipinski definition) is 5. The standard InChI is InChI=1S/C22H21N5O2S/c1-13(2)24-20(28)15-9-10-19(23-12-15)25-21(29)18-11-17-14(3)26-27(22(17)30-18)16-7-5-4-6-8-16/h4-13H,1-3H3,(H,24,28)(H,23,25,29). The molecule has 0 bridgehead atoms. The smallest absolute Gasteiger partial charge is 0.266 e. The minimum Gasteiger partial charge on any atom is -0.350 e. The Morgan fingerprint density at radius 3 is 2.50 bits per heavy atom. The second-order valence-electron chi connectivity index (χ2n) is 7.18. The molecule has 3 heterocycles. The number of pyridine rings is 1. The minimum atomic E-state index is -0.248. The molecule has 0 aliphatic rings. The maximum Gasteiger partial charge on any atom is 0.266 e. The fourth-order valence-electron chi connectivity index (χ4n) is 3.03. The van der Waals surface area contributed by atoms with Gasteiger partial charge in [-0.25, -0.2) is 9.67 Å². The van der Waals surface area contributed by atoms with Crippen molar-refractivity contribution >= 4 is 39.2 Å². The van der Waals surface area contributed by atoms with Crippen LogP contribution in [0.2, 0.25) is 0 Å². The Hall–Kier alpha value is -3.52. The molecule has 2 amide bonds. The molecule has 8 heteroatoms. The molecule has 0 saturated carbocycles. The van der Waals surface area contributed by atoms with E-state index < -0.39 is 0 Å². The second-order valence-corrected chi connectivity index (χ2v) is 8.21. The molecule has 30 heavy (non-hydrogen) atoms. The van der Waals surface area contributed by atoms with Crippen molar-refractivity contribution in [3.05, 3.63) is 70.9 Å². The highest BCUT2D eigenvalue weighted by molar-refractivity contribution is 7.20. The molecule has 7 nitrogen and oxygen atoms in total. The predicted octanol–water partition coefficient (Wildman–Crippen LogP) is 4.18. The molecule has 0 aliphatic carbocycles. The number of fused-ring (bicyclic) bond motifs is 1. The van der Waals surface area contributed by atoms with Gasteiger partial charge in [0.25, 0.3) is 11.8 Å². The Morgan fingerprint density at radius 2 is 1.83 bits per heavy atom. The summed E-state index contributed by atoms with van der Waals surface area (Å²) in [7, 11) is 0. The van der Waals surface area contributed by atoms with Crippen molar-refractivity contribution < 1.29 is 9.59 Å². The van der Waals surface area contributed by atoms with Crippen LogP contribution in [0.15, 0.2) is 54.7 Å². The van der Waals surface area contributed by atoms with E-state index in [2.05, 4.69) is 20.7 Å². The quantitative estimate of drug-likeness (QED) is 0.508. The molecule has 0 saturated heterocycles. The molecule has 0 radical (unpaired) electrons. The van der Waals surface area contributed by atoms with Crippen LogP contribution in [0, 0.1) is 6.92 Å². The highest BCUT2D eigenvalue weighted by Gasteiger charge is 2.18. The number of aromatic nitrogens is 3. The van der Waals surface area contributed by atoms with Crippen LogP contribution in [0.4, 0.5) is 5.82 Å². The van der Waals surface area contributed by atoms with Gasteiger partial charge in [0.1, 0.15) is 10.6 Å². The molecule has 0 atom stereocenters. The Morgan fingerprint density at radius 1 is 1.07 bits per heavy atom. The van der Waals surface area contributed by atoms with Crippen molar-refractivity contribution in [3.8, 4) is 5.69 Å². The molecule has 4 aromatic rings. The van der Waals surface area contributed by atoms with E-state index in [0.29, 0.717) is 16.3 Å². The molecule has 0 unspecified atom stereocenters. The molecule has 3 aromatic heterocycles. The van der Waals surface area contributed by atoms with E-state index in [1.165, 1.54) is 17.5 Å². The first-order valence-corrected chi connectivity index (χ1v) is 10.4. The van der Waals surface area contributed by atoms with Gasteiger partial charge in [-0.1, -0.05) is 18.2 Å². The largest absolute Gasteiger partial charge is 0.350 e. The van der Waals surface area contributed by atoms with E-state index in [0.717, 1.165) is 21.6 Å². The molecule has 152 valence electrons. The highest BCUT2D eigenvalue weighted by Crippen LogP contribution is 2.30. The van der Waals surface area contributed by atoms with E-state index in [4.69, 9.17) is 0 Å². The maximum atomic E-state index is 12.8. The van der Waals surface area contributed by atoms with Gasteiger partial charge in [-0.3, -0.25) is 9.59 Å². The van der Waals surface area contributed by atoms with Gasteiger partial charge >= 0.3 is 0 Å². The Labute approximate surface area is 177 Å². The van der Waals surface area contributed by atoms with E-state index in [1.807, 2.05) is 61.9 Å². The highest BCUT2D eigenvalue weighted by atomic mass is 32.1. The molecule has 0 aliphatic heterocycles. The van der Waals surface area contributed by atoms with Gasteiger partial charge in [-0.2, -0.15) is 5.10 Å². The maximum absolute atomic E-state index is 12.8. The fourth-order valence-corrected chi connectivity index (χ4v) is 4.11. The van der Waals surface area contributed by atoms with Crippen molar-refractivity contribution in [1.82, 2.24) is 20.1 Å². The Balaban J connectivity index is 1.55. The van der Waals surface area contributed by atoms with E-state index in [1.54, 1.807) is 12.1 Å². The summed E-state index contributed by atoms with van der Waals surface area (Å²) in [6.07, 6.45) is 1.45. The lowest BCUT2D eigenvalue weighted by molar-refractivity contribution is 0.0942. The average Bonchev–Trinajstić information content (AvgIpc) is 3.29. The first-order valence-electron chi connectivity index (χ1n) is 9.55. The third kappa shape index (κ3) is 3.95. The summed E-state index contributed by atoms with van der Waals surface area (Å²) in [5.74, 6) is -0.0529. The number of anilines is 1. The first kappa shape index (κ1) is 19.8. The number of rotatable bonds is 5. The molecule has 0 fully saturated rings. The van der Waals surface area contributed by atoms with Crippen LogP contribution >= 0.6 is 11.3 Å². The number of carbonyl (C=O) groups is 2. The van der Waals surface area contributed by atoms with E-state index in [9.17, 15) is 9.59 Å². The number of thiophene rings is 1. The van der Waals surface area contributed by atoms with Gasteiger partial charge in [0.15, 0.2) is 0 Å². The van der Waals surface area contributed by atoms with Crippen LogP contribution in [0.1, 0.15) is 39.6 Å². The zero-order valence-corrected chi connectivity index (χ0v) is 17.7.